The quantitative estimate of drug-likeness (QED) is 0.714. The third-order valence-corrected chi connectivity index (χ3v) is 6.21. The Hall–Kier alpha value is -1.64. The molecule has 0 spiro atoms. The molecule has 0 unspecified atom stereocenters. The van der Waals surface area contributed by atoms with Crippen LogP contribution in [0.15, 0.2) is 24.3 Å². The number of nitrogens with one attached hydrogen (secondary N) is 1. The van der Waals surface area contributed by atoms with E-state index in [1.54, 1.807) is 7.11 Å². The van der Waals surface area contributed by atoms with E-state index in [0.29, 0.717) is 25.9 Å². The number of nitrogens with zero attached hydrogens (tertiary/aromatic N) is 2. The van der Waals surface area contributed by atoms with Crippen molar-refractivity contribution in [1.82, 2.24) is 14.5 Å². The second-order valence-electron chi connectivity index (χ2n) is 6.22. The number of methoxy groups -OCH3 is 1. The van der Waals surface area contributed by atoms with Crippen molar-refractivity contribution in [2.75, 3.05) is 52.6 Å². The first-order valence-electron chi connectivity index (χ1n) is 8.47. The molecule has 1 fully saturated rings. The minimum absolute atomic E-state index is 0.0506. The number of hydrogen-bond donors (Lipinski definition) is 1. The lowest BCUT2D eigenvalue weighted by atomic mass is 10.1. The number of ether oxygens (including phenoxy) is 1. The van der Waals surface area contributed by atoms with E-state index in [-0.39, 0.29) is 18.2 Å². The fourth-order valence-electron chi connectivity index (χ4n) is 2.65. The van der Waals surface area contributed by atoms with Crippen LogP contribution in [0.3, 0.4) is 0 Å². The number of aryl methyl sites for hydroxylation is 1. The summed E-state index contributed by atoms with van der Waals surface area (Å²) in [5.41, 5.74) is 1.04. The molecule has 1 saturated heterocycles. The molecule has 8 heteroatoms. The first kappa shape index (κ1) is 19.7. The van der Waals surface area contributed by atoms with Crippen molar-refractivity contribution >= 4 is 15.9 Å². The molecule has 0 aromatic heterocycles. The highest BCUT2D eigenvalue weighted by molar-refractivity contribution is 7.89. The monoisotopic (exact) mass is 369 g/mol. The van der Waals surface area contributed by atoms with Crippen LogP contribution in [-0.2, 0) is 21.2 Å². The van der Waals surface area contributed by atoms with Crippen LogP contribution in [-0.4, -0.2) is 76.2 Å². The van der Waals surface area contributed by atoms with Gasteiger partial charge < -0.3 is 15.0 Å². The zero-order chi connectivity index (χ0) is 18.3. The summed E-state index contributed by atoms with van der Waals surface area (Å²) in [6, 6.07) is 7.56. The van der Waals surface area contributed by atoms with Gasteiger partial charge in [-0.15, -0.1) is 0 Å². The van der Waals surface area contributed by atoms with Gasteiger partial charge in [0.2, 0.25) is 15.9 Å². The third-order valence-electron chi connectivity index (χ3n) is 4.34. The normalized spacial score (nSPS) is 16.6. The van der Waals surface area contributed by atoms with E-state index >= 15 is 0 Å². The van der Waals surface area contributed by atoms with E-state index in [0.717, 1.165) is 24.4 Å². The highest BCUT2D eigenvalue weighted by Crippen LogP contribution is 2.12. The van der Waals surface area contributed by atoms with E-state index in [1.165, 1.54) is 4.31 Å². The average Bonchev–Trinajstić information content (AvgIpc) is 2.60. The van der Waals surface area contributed by atoms with Crippen LogP contribution < -0.4 is 10.1 Å². The highest BCUT2D eigenvalue weighted by Gasteiger charge is 2.25. The number of hydrogen-bond acceptors (Lipinski definition) is 5. The van der Waals surface area contributed by atoms with Crippen LogP contribution in [0.4, 0.5) is 0 Å². The molecule has 1 heterocycles. The van der Waals surface area contributed by atoms with Crippen molar-refractivity contribution in [2.24, 2.45) is 0 Å². The number of sulfonamides is 1. The molecule has 0 radical (unpaired) electrons. The van der Waals surface area contributed by atoms with E-state index in [1.807, 2.05) is 31.3 Å². The number of amides is 1. The number of benzene rings is 1. The number of rotatable bonds is 8. The van der Waals surface area contributed by atoms with Crippen molar-refractivity contribution < 1.29 is 17.9 Å². The molecule has 1 aromatic rings. The number of piperazine rings is 1. The van der Waals surface area contributed by atoms with Gasteiger partial charge in [0.15, 0.2) is 0 Å². The Kier molecular flexibility index (Phi) is 7.22. The van der Waals surface area contributed by atoms with Crippen molar-refractivity contribution in [1.29, 1.82) is 0 Å². The fraction of sp³-hybridized carbons (Fsp3) is 0.588. The lowest BCUT2D eigenvalue weighted by molar-refractivity contribution is -0.120. The summed E-state index contributed by atoms with van der Waals surface area (Å²) in [6.45, 7) is 2.67. The summed E-state index contributed by atoms with van der Waals surface area (Å²) in [7, 11) is 0.290. The van der Waals surface area contributed by atoms with Crippen molar-refractivity contribution in [2.45, 2.75) is 12.8 Å². The van der Waals surface area contributed by atoms with Gasteiger partial charge in [-0.05, 0) is 31.2 Å². The molecular formula is C17H27N3O4S. The van der Waals surface area contributed by atoms with E-state index in [9.17, 15) is 13.2 Å². The maximum Gasteiger partial charge on any atom is 0.220 e. The zero-order valence-electron chi connectivity index (χ0n) is 14.9. The van der Waals surface area contributed by atoms with Gasteiger partial charge >= 0.3 is 0 Å². The summed E-state index contributed by atoms with van der Waals surface area (Å²) in [5, 5.41) is 2.70. The van der Waals surface area contributed by atoms with Gasteiger partial charge in [0.1, 0.15) is 5.75 Å². The average molecular weight is 369 g/mol. The van der Waals surface area contributed by atoms with Crippen LogP contribution in [0.2, 0.25) is 0 Å². The molecule has 2 rings (SSSR count). The zero-order valence-corrected chi connectivity index (χ0v) is 15.7. The minimum atomic E-state index is -3.30. The molecule has 1 aliphatic heterocycles. The van der Waals surface area contributed by atoms with Crippen LogP contribution >= 0.6 is 0 Å². The van der Waals surface area contributed by atoms with Gasteiger partial charge in [0.25, 0.3) is 0 Å². The predicted octanol–water partition coefficient (Wildman–Crippen LogP) is 0.321. The second-order valence-corrected chi connectivity index (χ2v) is 8.30. The maximum atomic E-state index is 12.3. The smallest absolute Gasteiger partial charge is 0.220 e. The van der Waals surface area contributed by atoms with Gasteiger partial charge in [0, 0.05) is 39.1 Å². The minimum Gasteiger partial charge on any atom is -0.497 e. The Bertz CT molecular complexity index is 653. The lowest BCUT2D eigenvalue weighted by Gasteiger charge is -2.31. The van der Waals surface area contributed by atoms with Gasteiger partial charge in [-0.2, -0.15) is 4.31 Å². The summed E-state index contributed by atoms with van der Waals surface area (Å²) in [6.07, 6.45) is 0.946. The Labute approximate surface area is 150 Å². The summed E-state index contributed by atoms with van der Waals surface area (Å²) < 4.78 is 31.1. The molecule has 1 N–H and O–H groups in total. The van der Waals surface area contributed by atoms with Crippen molar-refractivity contribution in [3.8, 4) is 5.75 Å². The van der Waals surface area contributed by atoms with Crippen LogP contribution in [0.5, 0.6) is 5.75 Å². The highest BCUT2D eigenvalue weighted by atomic mass is 32.2. The van der Waals surface area contributed by atoms with Crippen LogP contribution in [0, 0.1) is 0 Å². The van der Waals surface area contributed by atoms with E-state index < -0.39 is 10.0 Å². The molecule has 1 aromatic carbocycles. The second kappa shape index (κ2) is 9.17. The Morgan fingerprint density at radius 3 is 2.40 bits per heavy atom. The van der Waals surface area contributed by atoms with Crippen LogP contribution in [0.25, 0.3) is 0 Å². The third kappa shape index (κ3) is 6.30. The Morgan fingerprint density at radius 2 is 1.80 bits per heavy atom. The molecule has 140 valence electrons. The molecule has 0 bridgehead atoms. The molecule has 7 nitrogen and oxygen atoms in total. The lowest BCUT2D eigenvalue weighted by Crippen LogP contribution is -2.48. The first-order valence-corrected chi connectivity index (χ1v) is 10.1. The van der Waals surface area contributed by atoms with Gasteiger partial charge in [-0.3, -0.25) is 4.79 Å². The summed E-state index contributed by atoms with van der Waals surface area (Å²) >= 11 is 0. The van der Waals surface area contributed by atoms with Crippen molar-refractivity contribution in [3.63, 3.8) is 0 Å². The maximum absolute atomic E-state index is 12.3. The molecule has 0 atom stereocenters. The predicted molar refractivity (Wildman–Crippen MR) is 97.2 cm³/mol. The molecule has 1 amide bonds. The topological polar surface area (TPSA) is 78.9 Å². The number of carbonyl (C=O) groups is 1. The Morgan fingerprint density at radius 1 is 1.16 bits per heavy atom. The molecular weight excluding hydrogens is 342 g/mol. The summed E-state index contributed by atoms with van der Waals surface area (Å²) in [5.74, 6) is 0.594. The fourth-order valence-corrected chi connectivity index (χ4v) is 3.99. The summed E-state index contributed by atoms with van der Waals surface area (Å²) in [4.78, 5) is 14.0. The SMILES string of the molecule is COc1ccc(CCC(=O)NCCS(=O)(=O)N2CCN(C)CC2)cc1. The number of likely N-dealkylation sites (N-methyl/N-ethyl adjacent to an activating group) is 1. The number of carbonyl (C=O) groups excluding carboxylic acids is 1. The standard InChI is InChI=1S/C17H27N3O4S/c1-19-10-12-20(13-11-19)25(22,23)14-9-18-17(21)8-5-15-3-6-16(24-2)7-4-15/h3-4,6-7H,5,8-14H2,1-2H3,(H,18,21). The van der Waals surface area contributed by atoms with Crippen molar-refractivity contribution in [3.05, 3.63) is 29.8 Å². The largest absolute Gasteiger partial charge is 0.497 e. The van der Waals surface area contributed by atoms with Gasteiger partial charge in [-0.25, -0.2) is 8.42 Å². The van der Waals surface area contributed by atoms with Gasteiger partial charge in [0.05, 0.1) is 12.9 Å². The first-order chi connectivity index (χ1) is 11.9. The molecule has 25 heavy (non-hydrogen) atoms. The molecule has 0 saturated carbocycles. The molecule has 1 aliphatic rings. The van der Waals surface area contributed by atoms with Gasteiger partial charge in [-0.1, -0.05) is 12.1 Å². The Balaban J connectivity index is 1.69. The van der Waals surface area contributed by atoms with E-state index in [2.05, 4.69) is 10.2 Å². The van der Waals surface area contributed by atoms with Crippen LogP contribution in [0.1, 0.15) is 12.0 Å². The molecule has 0 aliphatic carbocycles. The van der Waals surface area contributed by atoms with E-state index in [4.69, 9.17) is 4.74 Å².